The van der Waals surface area contributed by atoms with Crippen molar-refractivity contribution in [2.24, 2.45) is 0 Å². The number of alkyl halides is 4. The first-order valence-electron chi connectivity index (χ1n) is 5.33. The Kier molecular flexibility index (Phi) is 3.29. The summed E-state index contributed by atoms with van der Waals surface area (Å²) < 4.78 is 53.5. The summed E-state index contributed by atoms with van der Waals surface area (Å²) in [5.41, 5.74) is -0.815. The van der Waals surface area contributed by atoms with Crippen molar-refractivity contribution in [3.05, 3.63) is 35.4 Å². The second kappa shape index (κ2) is 4.00. The predicted octanol–water partition coefficient (Wildman–Crippen LogP) is 4.56. The van der Waals surface area contributed by atoms with Gasteiger partial charge in [0.15, 0.2) is 0 Å². The quantitative estimate of drug-likeness (QED) is 0.688. The third-order valence-corrected chi connectivity index (χ3v) is 3.11. The summed E-state index contributed by atoms with van der Waals surface area (Å²) in [6.45, 7) is 4.33. The maximum Gasteiger partial charge on any atom is 0.318 e. The van der Waals surface area contributed by atoms with Crippen LogP contribution in [0.2, 0.25) is 0 Å². The second-order valence-electron chi connectivity index (χ2n) is 4.95. The minimum absolute atomic E-state index is 0.203. The van der Waals surface area contributed by atoms with E-state index in [1.807, 2.05) is 6.92 Å². The van der Waals surface area contributed by atoms with Crippen LogP contribution in [0.15, 0.2) is 24.3 Å². The molecule has 4 heteroatoms. The van der Waals surface area contributed by atoms with Crippen LogP contribution in [0.4, 0.5) is 17.6 Å². The Morgan fingerprint density at radius 1 is 0.824 bits per heavy atom. The molecule has 0 saturated carbocycles. The average molecular weight is 248 g/mol. The molecule has 1 aromatic rings. The van der Waals surface area contributed by atoms with Crippen LogP contribution in [-0.4, -0.2) is 11.8 Å². The van der Waals surface area contributed by atoms with Crippen LogP contribution in [0.5, 0.6) is 0 Å². The number of hydrogen-bond acceptors (Lipinski definition) is 0. The summed E-state index contributed by atoms with van der Waals surface area (Å²) in [7, 11) is 0. The molecule has 0 aliphatic carbocycles. The Morgan fingerprint density at radius 2 is 1.24 bits per heavy atom. The average Bonchev–Trinajstić information content (AvgIpc) is 2.16. The fourth-order valence-corrected chi connectivity index (χ4v) is 1.70. The van der Waals surface area contributed by atoms with E-state index >= 15 is 0 Å². The van der Waals surface area contributed by atoms with Gasteiger partial charge in [-0.3, -0.25) is 0 Å². The lowest BCUT2D eigenvalue weighted by molar-refractivity contribution is -0.230. The number of benzene rings is 1. The van der Waals surface area contributed by atoms with Gasteiger partial charge in [0.05, 0.1) is 5.41 Å². The van der Waals surface area contributed by atoms with Gasteiger partial charge in [-0.25, -0.2) is 8.78 Å². The van der Waals surface area contributed by atoms with E-state index in [9.17, 15) is 17.6 Å². The van der Waals surface area contributed by atoms with E-state index in [2.05, 4.69) is 0 Å². The first-order valence-corrected chi connectivity index (χ1v) is 5.33. The molecule has 0 amide bonds. The highest BCUT2D eigenvalue weighted by molar-refractivity contribution is 5.30. The standard InChI is InChI=1S/C13H16F4/c1-9-5-7-10(8-6-9)11(2,3)13(16,17)12(4,14)15/h5-8H,1-4H3. The van der Waals surface area contributed by atoms with E-state index in [-0.39, 0.29) is 12.5 Å². The topological polar surface area (TPSA) is 0 Å². The van der Waals surface area contributed by atoms with E-state index in [0.29, 0.717) is 0 Å². The molecule has 17 heavy (non-hydrogen) atoms. The third kappa shape index (κ3) is 2.31. The van der Waals surface area contributed by atoms with Gasteiger partial charge in [-0.15, -0.1) is 0 Å². The van der Waals surface area contributed by atoms with Crippen LogP contribution >= 0.6 is 0 Å². The predicted molar refractivity (Wildman–Crippen MR) is 59.8 cm³/mol. The molecule has 1 rings (SSSR count). The molecular formula is C13H16F4. The van der Waals surface area contributed by atoms with Crippen LogP contribution < -0.4 is 0 Å². The molecule has 0 aliphatic rings. The fourth-order valence-electron chi connectivity index (χ4n) is 1.70. The fraction of sp³-hybridized carbons (Fsp3) is 0.538. The van der Waals surface area contributed by atoms with Gasteiger partial charge in [0.25, 0.3) is 0 Å². The van der Waals surface area contributed by atoms with Gasteiger partial charge in [-0.2, -0.15) is 8.78 Å². The molecule has 0 unspecified atom stereocenters. The third-order valence-electron chi connectivity index (χ3n) is 3.11. The van der Waals surface area contributed by atoms with Gasteiger partial charge in [0.2, 0.25) is 0 Å². The van der Waals surface area contributed by atoms with Gasteiger partial charge in [0.1, 0.15) is 0 Å². The maximum atomic E-state index is 13.7. The number of hydrogen-bond donors (Lipinski definition) is 0. The Balaban J connectivity index is 3.23. The Morgan fingerprint density at radius 3 is 1.59 bits per heavy atom. The first kappa shape index (κ1) is 14.0. The van der Waals surface area contributed by atoms with Crippen molar-refractivity contribution in [1.82, 2.24) is 0 Å². The summed E-state index contributed by atoms with van der Waals surface area (Å²) in [5.74, 6) is -8.16. The lowest BCUT2D eigenvalue weighted by Gasteiger charge is -2.38. The molecule has 0 aromatic heterocycles. The van der Waals surface area contributed by atoms with Crippen LogP contribution in [-0.2, 0) is 5.41 Å². The van der Waals surface area contributed by atoms with E-state index in [1.165, 1.54) is 12.1 Å². The van der Waals surface area contributed by atoms with Crippen LogP contribution in [0.3, 0.4) is 0 Å². The lowest BCUT2D eigenvalue weighted by Crippen LogP contribution is -2.52. The second-order valence-corrected chi connectivity index (χ2v) is 4.95. The van der Waals surface area contributed by atoms with Crippen molar-refractivity contribution in [3.8, 4) is 0 Å². The summed E-state index contributed by atoms with van der Waals surface area (Å²) in [6.07, 6.45) is 0. The Hall–Kier alpha value is -1.06. The van der Waals surface area contributed by atoms with E-state index in [0.717, 1.165) is 19.4 Å². The van der Waals surface area contributed by atoms with Crippen molar-refractivity contribution in [2.75, 3.05) is 0 Å². The monoisotopic (exact) mass is 248 g/mol. The van der Waals surface area contributed by atoms with Gasteiger partial charge in [-0.05, 0) is 26.3 Å². The molecule has 0 radical (unpaired) electrons. The summed E-state index contributed by atoms with van der Waals surface area (Å²) in [5, 5.41) is 0. The number of halogens is 4. The Labute approximate surface area is 98.6 Å². The molecule has 0 spiro atoms. The van der Waals surface area contributed by atoms with Gasteiger partial charge >= 0.3 is 11.8 Å². The van der Waals surface area contributed by atoms with Crippen molar-refractivity contribution >= 4 is 0 Å². The molecule has 1 aromatic carbocycles. The Bertz CT molecular complexity index is 385. The van der Waals surface area contributed by atoms with E-state index < -0.39 is 17.3 Å². The van der Waals surface area contributed by atoms with Crippen LogP contribution in [0, 0.1) is 6.92 Å². The van der Waals surface area contributed by atoms with Crippen molar-refractivity contribution in [2.45, 2.75) is 45.0 Å². The molecule has 0 heterocycles. The summed E-state index contributed by atoms with van der Waals surface area (Å²) >= 11 is 0. The molecule has 0 N–H and O–H groups in total. The minimum atomic E-state index is -4.10. The SMILES string of the molecule is Cc1ccc(C(C)(C)C(F)(F)C(C)(F)F)cc1. The highest BCUT2D eigenvalue weighted by Gasteiger charge is 2.62. The van der Waals surface area contributed by atoms with Crippen LogP contribution in [0.25, 0.3) is 0 Å². The van der Waals surface area contributed by atoms with Gasteiger partial charge in [0, 0.05) is 6.92 Å². The molecule has 0 aliphatic heterocycles. The van der Waals surface area contributed by atoms with Crippen molar-refractivity contribution < 1.29 is 17.6 Å². The largest absolute Gasteiger partial charge is 0.318 e. The first-order chi connectivity index (χ1) is 7.50. The summed E-state index contributed by atoms with van der Waals surface area (Å²) in [6, 6.07) is 6.21. The molecule has 0 bridgehead atoms. The minimum Gasteiger partial charge on any atom is -0.200 e. The van der Waals surface area contributed by atoms with Crippen LogP contribution in [0.1, 0.15) is 31.9 Å². The molecule has 0 saturated heterocycles. The highest BCUT2D eigenvalue weighted by Crippen LogP contribution is 2.48. The molecule has 0 nitrogen and oxygen atoms in total. The lowest BCUT2D eigenvalue weighted by atomic mass is 9.76. The maximum absolute atomic E-state index is 13.7. The smallest absolute Gasteiger partial charge is 0.200 e. The zero-order valence-corrected chi connectivity index (χ0v) is 10.3. The normalized spacial score (nSPS) is 13.9. The molecule has 96 valence electrons. The number of rotatable bonds is 3. The van der Waals surface area contributed by atoms with E-state index in [1.54, 1.807) is 12.1 Å². The zero-order chi connectivity index (χ0) is 13.5. The van der Waals surface area contributed by atoms with Gasteiger partial charge in [-0.1, -0.05) is 29.8 Å². The van der Waals surface area contributed by atoms with Crippen molar-refractivity contribution in [3.63, 3.8) is 0 Å². The zero-order valence-electron chi connectivity index (χ0n) is 10.3. The molecular weight excluding hydrogens is 232 g/mol. The highest BCUT2D eigenvalue weighted by atomic mass is 19.3. The van der Waals surface area contributed by atoms with Gasteiger partial charge < -0.3 is 0 Å². The van der Waals surface area contributed by atoms with Crippen molar-refractivity contribution in [1.29, 1.82) is 0 Å². The van der Waals surface area contributed by atoms with E-state index in [4.69, 9.17) is 0 Å². The molecule has 0 fully saturated rings. The molecule has 0 atom stereocenters. The summed E-state index contributed by atoms with van der Waals surface area (Å²) in [4.78, 5) is 0. The number of aryl methyl sites for hydroxylation is 1.